The molecule has 20 heavy (non-hydrogen) atoms. The van der Waals surface area contributed by atoms with Gasteiger partial charge >= 0.3 is 0 Å². The van der Waals surface area contributed by atoms with Crippen LogP contribution in [0.25, 0.3) is 0 Å². The summed E-state index contributed by atoms with van der Waals surface area (Å²) in [5, 5.41) is 15.9. The minimum Gasteiger partial charge on any atom is -0.388 e. The van der Waals surface area contributed by atoms with Gasteiger partial charge in [0.25, 0.3) is 0 Å². The number of ether oxygens (including phenoxy) is 1. The number of morpholine rings is 1. The minimum absolute atomic E-state index is 0. The molecule has 2 rings (SSSR count). The van der Waals surface area contributed by atoms with E-state index in [0.717, 1.165) is 5.56 Å². The van der Waals surface area contributed by atoms with Gasteiger partial charge in [-0.2, -0.15) is 0 Å². The maximum absolute atomic E-state index is 11.8. The summed E-state index contributed by atoms with van der Waals surface area (Å²) in [6, 6.07) is 9.17. The number of rotatable bonds is 5. The number of benzene rings is 1. The Morgan fingerprint density at radius 2 is 2.20 bits per heavy atom. The number of aliphatic hydroxyl groups is 1. The molecular weight excluding hydrogens is 280 g/mol. The summed E-state index contributed by atoms with van der Waals surface area (Å²) in [5.41, 5.74) is 0.871. The molecule has 0 bridgehead atoms. The van der Waals surface area contributed by atoms with Gasteiger partial charge in [0.15, 0.2) is 0 Å². The zero-order valence-corrected chi connectivity index (χ0v) is 12.1. The Balaban J connectivity index is 0.00000200. The van der Waals surface area contributed by atoms with E-state index in [2.05, 4.69) is 10.6 Å². The highest BCUT2D eigenvalue weighted by molar-refractivity contribution is 5.85. The van der Waals surface area contributed by atoms with Crippen LogP contribution < -0.4 is 10.6 Å². The molecule has 1 aliphatic rings. The van der Waals surface area contributed by atoms with Gasteiger partial charge in [0.2, 0.25) is 5.91 Å². The molecule has 1 saturated heterocycles. The normalized spacial score (nSPS) is 19.8. The molecule has 0 spiro atoms. The summed E-state index contributed by atoms with van der Waals surface area (Å²) >= 11 is 0. The summed E-state index contributed by atoms with van der Waals surface area (Å²) in [6.45, 7) is 2.21. The van der Waals surface area contributed by atoms with Crippen LogP contribution in [0.15, 0.2) is 30.3 Å². The number of amides is 1. The van der Waals surface area contributed by atoms with Crippen molar-refractivity contribution in [3.63, 3.8) is 0 Å². The van der Waals surface area contributed by atoms with E-state index in [4.69, 9.17) is 4.74 Å². The summed E-state index contributed by atoms with van der Waals surface area (Å²) in [7, 11) is 0. The molecule has 1 aromatic rings. The van der Waals surface area contributed by atoms with Crippen molar-refractivity contribution < 1.29 is 14.6 Å². The molecule has 6 heteroatoms. The molecule has 1 aromatic carbocycles. The molecular formula is C14H21ClN2O3. The third-order valence-electron chi connectivity index (χ3n) is 3.14. The van der Waals surface area contributed by atoms with Gasteiger partial charge in [-0.15, -0.1) is 12.4 Å². The van der Waals surface area contributed by atoms with Crippen LogP contribution in [0, 0.1) is 0 Å². The first-order valence-electron chi connectivity index (χ1n) is 6.59. The molecule has 0 aliphatic carbocycles. The van der Waals surface area contributed by atoms with E-state index in [0.29, 0.717) is 32.7 Å². The lowest BCUT2D eigenvalue weighted by molar-refractivity contribution is -0.125. The summed E-state index contributed by atoms with van der Waals surface area (Å²) in [6.07, 6.45) is -0.0411. The molecule has 2 atom stereocenters. The van der Waals surface area contributed by atoms with Crippen LogP contribution in [-0.2, 0) is 9.53 Å². The van der Waals surface area contributed by atoms with Gasteiger partial charge in [0.1, 0.15) is 6.04 Å². The predicted octanol–water partition coefficient (Wildman–Crippen LogP) is 0.636. The van der Waals surface area contributed by atoms with Crippen LogP contribution in [0.1, 0.15) is 18.1 Å². The maximum atomic E-state index is 11.8. The molecule has 112 valence electrons. The van der Waals surface area contributed by atoms with E-state index in [-0.39, 0.29) is 24.4 Å². The van der Waals surface area contributed by atoms with Crippen LogP contribution in [-0.4, -0.2) is 43.4 Å². The SMILES string of the molecule is Cl.O=C(NCCC(O)c1ccccc1)C1COCCN1. The molecule has 2 unspecified atom stereocenters. The third-order valence-corrected chi connectivity index (χ3v) is 3.14. The highest BCUT2D eigenvalue weighted by atomic mass is 35.5. The van der Waals surface area contributed by atoms with Gasteiger partial charge in [-0.3, -0.25) is 4.79 Å². The Kier molecular flexibility index (Phi) is 7.54. The fourth-order valence-corrected chi connectivity index (χ4v) is 2.03. The fourth-order valence-electron chi connectivity index (χ4n) is 2.03. The lowest BCUT2D eigenvalue weighted by atomic mass is 10.1. The van der Waals surface area contributed by atoms with Crippen molar-refractivity contribution in [3.8, 4) is 0 Å². The van der Waals surface area contributed by atoms with Gasteiger partial charge in [0.05, 0.1) is 19.3 Å². The van der Waals surface area contributed by atoms with Crippen molar-refractivity contribution in [3.05, 3.63) is 35.9 Å². The van der Waals surface area contributed by atoms with Crippen molar-refractivity contribution in [1.82, 2.24) is 10.6 Å². The van der Waals surface area contributed by atoms with Gasteiger partial charge in [-0.05, 0) is 12.0 Å². The molecule has 0 saturated carbocycles. The molecule has 1 heterocycles. The summed E-state index contributed by atoms with van der Waals surface area (Å²) in [4.78, 5) is 11.8. The lowest BCUT2D eigenvalue weighted by Crippen LogP contribution is -2.51. The van der Waals surface area contributed by atoms with Crippen LogP contribution in [0.2, 0.25) is 0 Å². The van der Waals surface area contributed by atoms with Gasteiger partial charge in [-0.25, -0.2) is 0 Å². The van der Waals surface area contributed by atoms with E-state index in [9.17, 15) is 9.90 Å². The largest absolute Gasteiger partial charge is 0.388 e. The van der Waals surface area contributed by atoms with Crippen LogP contribution in [0.4, 0.5) is 0 Å². The average Bonchev–Trinajstić information content (AvgIpc) is 2.49. The second kappa shape index (κ2) is 8.92. The fraction of sp³-hybridized carbons (Fsp3) is 0.500. The van der Waals surface area contributed by atoms with Crippen LogP contribution in [0.5, 0.6) is 0 Å². The Labute approximate surface area is 125 Å². The zero-order valence-electron chi connectivity index (χ0n) is 11.2. The molecule has 5 nitrogen and oxygen atoms in total. The molecule has 1 amide bonds. The number of nitrogens with one attached hydrogen (secondary N) is 2. The van der Waals surface area contributed by atoms with E-state index in [1.807, 2.05) is 30.3 Å². The molecule has 1 fully saturated rings. The Hall–Kier alpha value is -1.14. The Morgan fingerprint density at radius 3 is 2.85 bits per heavy atom. The zero-order chi connectivity index (χ0) is 13.5. The lowest BCUT2D eigenvalue weighted by Gasteiger charge is -2.23. The van der Waals surface area contributed by atoms with Crippen molar-refractivity contribution in [2.24, 2.45) is 0 Å². The first kappa shape index (κ1) is 16.9. The number of carbonyl (C=O) groups is 1. The summed E-state index contributed by atoms with van der Waals surface area (Å²) in [5.74, 6) is -0.0695. The van der Waals surface area contributed by atoms with Crippen molar-refractivity contribution in [2.45, 2.75) is 18.6 Å². The maximum Gasteiger partial charge on any atom is 0.239 e. The second-order valence-electron chi connectivity index (χ2n) is 4.59. The monoisotopic (exact) mass is 300 g/mol. The molecule has 3 N–H and O–H groups in total. The second-order valence-corrected chi connectivity index (χ2v) is 4.59. The van der Waals surface area contributed by atoms with Gasteiger partial charge < -0.3 is 20.5 Å². The third kappa shape index (κ3) is 5.09. The average molecular weight is 301 g/mol. The summed E-state index contributed by atoms with van der Waals surface area (Å²) < 4.78 is 5.23. The number of hydrogen-bond donors (Lipinski definition) is 3. The van der Waals surface area contributed by atoms with Crippen LogP contribution >= 0.6 is 12.4 Å². The van der Waals surface area contributed by atoms with E-state index >= 15 is 0 Å². The quantitative estimate of drug-likeness (QED) is 0.746. The topological polar surface area (TPSA) is 70.6 Å². The predicted molar refractivity (Wildman–Crippen MR) is 78.9 cm³/mol. The Bertz CT molecular complexity index is 397. The number of hydrogen-bond acceptors (Lipinski definition) is 4. The van der Waals surface area contributed by atoms with E-state index < -0.39 is 6.10 Å². The van der Waals surface area contributed by atoms with Crippen molar-refractivity contribution in [1.29, 1.82) is 0 Å². The minimum atomic E-state index is -0.544. The molecule has 0 radical (unpaired) electrons. The van der Waals surface area contributed by atoms with Crippen LogP contribution in [0.3, 0.4) is 0 Å². The molecule has 0 aromatic heterocycles. The number of carbonyl (C=O) groups excluding carboxylic acids is 1. The van der Waals surface area contributed by atoms with Gasteiger partial charge in [-0.1, -0.05) is 30.3 Å². The van der Waals surface area contributed by atoms with E-state index in [1.165, 1.54) is 0 Å². The smallest absolute Gasteiger partial charge is 0.239 e. The van der Waals surface area contributed by atoms with E-state index in [1.54, 1.807) is 0 Å². The number of aliphatic hydroxyl groups excluding tert-OH is 1. The first-order chi connectivity index (χ1) is 9.27. The first-order valence-corrected chi connectivity index (χ1v) is 6.59. The highest BCUT2D eigenvalue weighted by Crippen LogP contribution is 2.14. The highest BCUT2D eigenvalue weighted by Gasteiger charge is 2.20. The standard InChI is InChI=1S/C14H20N2O3.ClH/c17-13(11-4-2-1-3-5-11)6-7-16-14(18)12-10-19-9-8-15-12;/h1-5,12-13,15,17H,6-10H2,(H,16,18);1H. The van der Waals surface area contributed by atoms with Crippen molar-refractivity contribution >= 4 is 18.3 Å². The molecule has 1 aliphatic heterocycles. The Morgan fingerprint density at radius 1 is 1.45 bits per heavy atom. The number of halogens is 1. The van der Waals surface area contributed by atoms with Gasteiger partial charge in [0, 0.05) is 13.1 Å². The van der Waals surface area contributed by atoms with Crippen molar-refractivity contribution in [2.75, 3.05) is 26.3 Å².